The Bertz CT molecular complexity index is 759. The van der Waals surface area contributed by atoms with Crippen molar-refractivity contribution in [1.82, 2.24) is 0 Å². The predicted molar refractivity (Wildman–Crippen MR) is 87.1 cm³/mol. The molecule has 0 bridgehead atoms. The molecule has 0 unspecified atom stereocenters. The molecule has 0 radical (unpaired) electrons. The third-order valence-corrected chi connectivity index (χ3v) is 5.30. The lowest BCUT2D eigenvalue weighted by atomic mass is 9.65. The minimum Gasteiger partial charge on any atom is -0.493 e. The number of nitrogens with zero attached hydrogens (tertiary/aromatic N) is 1. The van der Waals surface area contributed by atoms with Gasteiger partial charge in [-0.2, -0.15) is 0 Å². The third kappa shape index (κ3) is 1.98. The van der Waals surface area contributed by atoms with Crippen LogP contribution < -0.4 is 9.80 Å². The topological polar surface area (TPSA) is 21.7 Å². The second kappa shape index (κ2) is 4.96. The van der Waals surface area contributed by atoms with E-state index in [1.54, 1.807) is 13.2 Å². The van der Waals surface area contributed by atoms with Crippen LogP contribution >= 0.6 is 0 Å². The Morgan fingerprint density at radius 3 is 2.78 bits per heavy atom. The van der Waals surface area contributed by atoms with E-state index < -0.39 is 0 Å². The van der Waals surface area contributed by atoms with Crippen molar-refractivity contribution < 1.29 is 14.0 Å². The van der Waals surface area contributed by atoms with Crippen molar-refractivity contribution in [3.8, 4) is 5.75 Å². The summed E-state index contributed by atoms with van der Waals surface area (Å²) < 4.78 is 19.8. The van der Waals surface area contributed by atoms with Gasteiger partial charge in [-0.25, -0.2) is 9.45 Å². The molecule has 0 aliphatic carbocycles. The van der Waals surface area contributed by atoms with Crippen LogP contribution in [0.4, 0.5) is 10.1 Å². The van der Waals surface area contributed by atoms with Crippen LogP contribution in [0.3, 0.4) is 0 Å². The molecule has 23 heavy (non-hydrogen) atoms. The number of para-hydroxylation sites is 1. The normalized spacial score (nSPS) is 24.3. The van der Waals surface area contributed by atoms with Crippen LogP contribution in [-0.4, -0.2) is 13.7 Å². The first-order valence-electron chi connectivity index (χ1n) is 7.89. The van der Waals surface area contributed by atoms with Gasteiger partial charge < -0.3 is 4.74 Å². The van der Waals surface area contributed by atoms with Crippen molar-refractivity contribution in [2.75, 3.05) is 18.8 Å². The largest absolute Gasteiger partial charge is 0.493 e. The number of ether oxygens (including phenoxy) is 1. The number of anilines is 1. The van der Waals surface area contributed by atoms with Gasteiger partial charge in [0.25, 0.3) is 0 Å². The smallest absolute Gasteiger partial charge is 0.124 e. The quantitative estimate of drug-likeness (QED) is 0.786. The Balaban J connectivity index is 1.95. The van der Waals surface area contributed by atoms with Gasteiger partial charge in [0.15, 0.2) is 0 Å². The Kier molecular flexibility index (Phi) is 3.13. The molecule has 2 aromatic carbocycles. The van der Waals surface area contributed by atoms with Crippen LogP contribution in [0, 0.1) is 11.7 Å². The molecule has 2 aliphatic rings. The molecular formula is C19H20FNO2. The number of hydrogen-bond donors (Lipinski definition) is 0. The molecule has 0 N–H and O–H groups in total. The average Bonchev–Trinajstić information content (AvgIpc) is 2.55. The van der Waals surface area contributed by atoms with Gasteiger partial charge in [0, 0.05) is 16.9 Å². The summed E-state index contributed by atoms with van der Waals surface area (Å²) in [6.07, 6.45) is 0. The molecule has 2 atom stereocenters. The van der Waals surface area contributed by atoms with Crippen LogP contribution in [0.2, 0.25) is 0 Å². The maximum atomic E-state index is 13.8. The second-order valence-corrected chi connectivity index (χ2v) is 6.79. The number of hydroxylamine groups is 1. The van der Waals surface area contributed by atoms with Gasteiger partial charge in [-0.3, -0.25) is 4.84 Å². The first-order valence-corrected chi connectivity index (χ1v) is 7.89. The van der Waals surface area contributed by atoms with Gasteiger partial charge in [0.2, 0.25) is 0 Å². The van der Waals surface area contributed by atoms with Crippen LogP contribution in [-0.2, 0) is 10.3 Å². The van der Waals surface area contributed by atoms with Crippen LogP contribution in [0.1, 0.15) is 31.0 Å². The van der Waals surface area contributed by atoms with E-state index in [9.17, 15) is 4.39 Å². The standard InChI is InChI=1S/C19H20FNO2/c1-19(2)14-10-12(20)8-9-16(14)21(22-3)18-13-6-4-5-7-17(13)23-11-15(18)19/h4-10,15,18H,11H2,1-3H3/t15-,18+/m0/s1. The Hall–Kier alpha value is -2.07. The fourth-order valence-corrected chi connectivity index (χ4v) is 4.01. The molecule has 0 aromatic heterocycles. The lowest BCUT2D eigenvalue weighted by Crippen LogP contribution is -2.51. The molecule has 0 spiro atoms. The van der Waals surface area contributed by atoms with Crippen molar-refractivity contribution in [2.45, 2.75) is 25.3 Å². The maximum Gasteiger partial charge on any atom is 0.124 e. The van der Waals surface area contributed by atoms with Crippen molar-refractivity contribution in [3.05, 3.63) is 59.4 Å². The van der Waals surface area contributed by atoms with Gasteiger partial charge in [-0.15, -0.1) is 0 Å². The summed E-state index contributed by atoms with van der Waals surface area (Å²) in [5, 5.41) is 1.91. The number of benzene rings is 2. The summed E-state index contributed by atoms with van der Waals surface area (Å²) in [7, 11) is 1.67. The Labute approximate surface area is 135 Å². The Morgan fingerprint density at radius 2 is 2.00 bits per heavy atom. The number of rotatable bonds is 1. The fourth-order valence-electron chi connectivity index (χ4n) is 4.01. The summed E-state index contributed by atoms with van der Waals surface area (Å²) >= 11 is 0. The van der Waals surface area contributed by atoms with E-state index in [0.29, 0.717) is 6.61 Å². The Morgan fingerprint density at radius 1 is 1.22 bits per heavy atom. The first kappa shape index (κ1) is 14.5. The van der Waals surface area contributed by atoms with Crippen LogP contribution in [0.25, 0.3) is 0 Å². The van der Waals surface area contributed by atoms with Gasteiger partial charge in [0.1, 0.15) is 11.6 Å². The highest BCUT2D eigenvalue weighted by molar-refractivity contribution is 5.61. The highest BCUT2D eigenvalue weighted by atomic mass is 19.1. The number of hydrogen-bond acceptors (Lipinski definition) is 3. The minimum atomic E-state index is -0.219. The van der Waals surface area contributed by atoms with E-state index in [1.807, 2.05) is 29.3 Å². The van der Waals surface area contributed by atoms with Crippen LogP contribution in [0.15, 0.2) is 42.5 Å². The van der Waals surface area contributed by atoms with E-state index in [4.69, 9.17) is 9.57 Å². The summed E-state index contributed by atoms with van der Waals surface area (Å²) in [5.41, 5.74) is 2.79. The monoisotopic (exact) mass is 313 g/mol. The summed E-state index contributed by atoms with van der Waals surface area (Å²) in [4.78, 5) is 5.73. The molecule has 2 aromatic rings. The van der Waals surface area contributed by atoms with E-state index in [0.717, 1.165) is 22.6 Å². The summed E-state index contributed by atoms with van der Waals surface area (Å²) in [6, 6.07) is 13.1. The lowest BCUT2D eigenvalue weighted by Gasteiger charge is -2.52. The zero-order valence-corrected chi connectivity index (χ0v) is 13.5. The van der Waals surface area contributed by atoms with Gasteiger partial charge >= 0.3 is 0 Å². The van der Waals surface area contributed by atoms with Crippen LogP contribution in [0.5, 0.6) is 5.75 Å². The van der Waals surface area contributed by atoms with E-state index >= 15 is 0 Å². The minimum absolute atomic E-state index is 0.0536. The van der Waals surface area contributed by atoms with Gasteiger partial charge in [-0.05, 0) is 29.8 Å². The maximum absolute atomic E-state index is 13.8. The molecule has 3 nitrogen and oxygen atoms in total. The number of fused-ring (bicyclic) bond motifs is 4. The zero-order valence-electron chi connectivity index (χ0n) is 13.5. The van der Waals surface area contributed by atoms with E-state index in [2.05, 4.69) is 19.9 Å². The molecule has 0 saturated carbocycles. The molecule has 0 amide bonds. The molecule has 2 aliphatic heterocycles. The molecular weight excluding hydrogens is 293 g/mol. The van der Waals surface area contributed by atoms with Crippen molar-refractivity contribution >= 4 is 5.69 Å². The average molecular weight is 313 g/mol. The zero-order chi connectivity index (χ0) is 16.2. The van der Waals surface area contributed by atoms with Crippen molar-refractivity contribution in [3.63, 3.8) is 0 Å². The fraction of sp³-hybridized carbons (Fsp3) is 0.368. The molecule has 4 heteroatoms. The summed E-state index contributed by atoms with van der Waals surface area (Å²) in [5.74, 6) is 0.854. The lowest BCUT2D eigenvalue weighted by molar-refractivity contribution is 0.0440. The highest BCUT2D eigenvalue weighted by Crippen LogP contribution is 2.54. The van der Waals surface area contributed by atoms with Crippen molar-refractivity contribution in [2.24, 2.45) is 5.92 Å². The van der Waals surface area contributed by atoms with Crippen molar-refractivity contribution in [1.29, 1.82) is 0 Å². The van der Waals surface area contributed by atoms with Gasteiger partial charge in [-0.1, -0.05) is 32.0 Å². The third-order valence-electron chi connectivity index (χ3n) is 5.30. The van der Waals surface area contributed by atoms with Gasteiger partial charge in [0.05, 0.1) is 25.4 Å². The molecule has 120 valence electrons. The van der Waals surface area contributed by atoms with E-state index in [1.165, 1.54) is 6.07 Å². The first-order chi connectivity index (χ1) is 11.0. The number of halogens is 1. The molecule has 2 heterocycles. The molecule has 0 fully saturated rings. The molecule has 4 rings (SSSR count). The SMILES string of the molecule is CON1c2ccc(F)cc2C(C)(C)[C@H]2COc3ccccc3[C@H]21. The molecule has 0 saturated heterocycles. The summed E-state index contributed by atoms with van der Waals surface area (Å²) in [6.45, 7) is 4.91. The second-order valence-electron chi connectivity index (χ2n) is 6.79. The predicted octanol–water partition coefficient (Wildman–Crippen LogP) is 4.23. The highest BCUT2D eigenvalue weighted by Gasteiger charge is 2.50. The van der Waals surface area contributed by atoms with E-state index in [-0.39, 0.29) is 23.2 Å².